The van der Waals surface area contributed by atoms with Crippen LogP contribution in [0.15, 0.2) is 23.6 Å². The SMILES string of the molecule is C=CCn1ncc(NCC(C)CNC)c(Cl)c1=O. The lowest BCUT2D eigenvalue weighted by molar-refractivity contribution is 0.568. The van der Waals surface area contributed by atoms with Gasteiger partial charge >= 0.3 is 0 Å². The number of halogens is 1. The predicted molar refractivity (Wildman–Crippen MR) is 75.3 cm³/mol. The molecule has 0 saturated heterocycles. The van der Waals surface area contributed by atoms with Gasteiger partial charge in [0.2, 0.25) is 0 Å². The molecule has 6 heteroatoms. The third-order valence-electron chi connectivity index (χ3n) is 2.48. The summed E-state index contributed by atoms with van der Waals surface area (Å²) in [5, 5.41) is 10.4. The van der Waals surface area contributed by atoms with Crippen molar-refractivity contribution in [2.75, 3.05) is 25.5 Å². The first-order valence-electron chi connectivity index (χ1n) is 5.85. The molecule has 5 nitrogen and oxygen atoms in total. The molecule has 0 aliphatic rings. The molecule has 0 bridgehead atoms. The Kier molecular flexibility index (Phi) is 5.88. The van der Waals surface area contributed by atoms with Crippen LogP contribution in [0.4, 0.5) is 5.69 Å². The van der Waals surface area contributed by atoms with Crippen LogP contribution in [-0.2, 0) is 6.54 Å². The summed E-state index contributed by atoms with van der Waals surface area (Å²) in [5.41, 5.74) is 0.271. The van der Waals surface area contributed by atoms with E-state index in [1.54, 1.807) is 12.3 Å². The van der Waals surface area contributed by atoms with E-state index in [0.29, 0.717) is 18.2 Å². The van der Waals surface area contributed by atoms with Crippen LogP contribution in [0.3, 0.4) is 0 Å². The summed E-state index contributed by atoms with van der Waals surface area (Å²) in [6.45, 7) is 7.64. The number of hydrogen-bond acceptors (Lipinski definition) is 4. The monoisotopic (exact) mass is 270 g/mol. The van der Waals surface area contributed by atoms with Gasteiger partial charge in [0.25, 0.3) is 5.56 Å². The fourth-order valence-electron chi connectivity index (χ4n) is 1.55. The van der Waals surface area contributed by atoms with E-state index in [-0.39, 0.29) is 10.6 Å². The van der Waals surface area contributed by atoms with E-state index in [1.807, 2.05) is 7.05 Å². The number of allylic oxidation sites excluding steroid dienone is 1. The van der Waals surface area contributed by atoms with Crippen molar-refractivity contribution in [2.24, 2.45) is 5.92 Å². The maximum atomic E-state index is 11.8. The third-order valence-corrected chi connectivity index (χ3v) is 2.85. The van der Waals surface area contributed by atoms with Crippen molar-refractivity contribution in [3.8, 4) is 0 Å². The van der Waals surface area contributed by atoms with Crippen molar-refractivity contribution in [1.29, 1.82) is 0 Å². The molecule has 0 spiro atoms. The first-order chi connectivity index (χ1) is 8.60. The second-order valence-electron chi connectivity index (χ2n) is 4.19. The van der Waals surface area contributed by atoms with Gasteiger partial charge < -0.3 is 10.6 Å². The van der Waals surface area contributed by atoms with E-state index < -0.39 is 0 Å². The highest BCUT2D eigenvalue weighted by atomic mass is 35.5. The molecule has 100 valence electrons. The normalized spacial score (nSPS) is 12.2. The van der Waals surface area contributed by atoms with Crippen LogP contribution in [0.25, 0.3) is 0 Å². The number of anilines is 1. The fraction of sp³-hybridized carbons (Fsp3) is 0.500. The molecule has 0 aliphatic carbocycles. The second kappa shape index (κ2) is 7.18. The molecular weight excluding hydrogens is 252 g/mol. The Morgan fingerprint density at radius 2 is 2.33 bits per heavy atom. The van der Waals surface area contributed by atoms with Crippen molar-refractivity contribution >= 4 is 17.3 Å². The Morgan fingerprint density at radius 1 is 1.61 bits per heavy atom. The van der Waals surface area contributed by atoms with Gasteiger partial charge in [-0.15, -0.1) is 6.58 Å². The molecule has 0 amide bonds. The van der Waals surface area contributed by atoms with Crippen LogP contribution < -0.4 is 16.2 Å². The molecule has 1 aromatic heterocycles. The number of nitrogens with zero attached hydrogens (tertiary/aromatic N) is 2. The van der Waals surface area contributed by atoms with Gasteiger partial charge in [-0.1, -0.05) is 24.6 Å². The Labute approximate surface area is 112 Å². The van der Waals surface area contributed by atoms with Gasteiger partial charge in [0.15, 0.2) is 0 Å². The number of rotatable bonds is 7. The summed E-state index contributed by atoms with van der Waals surface area (Å²) in [4.78, 5) is 11.8. The maximum Gasteiger partial charge on any atom is 0.287 e. The van der Waals surface area contributed by atoms with E-state index in [0.717, 1.165) is 13.1 Å². The molecule has 1 aromatic rings. The van der Waals surface area contributed by atoms with Crippen LogP contribution >= 0.6 is 11.6 Å². The Morgan fingerprint density at radius 3 is 2.94 bits per heavy atom. The maximum absolute atomic E-state index is 11.8. The Bertz CT molecular complexity index is 458. The van der Waals surface area contributed by atoms with Crippen molar-refractivity contribution < 1.29 is 0 Å². The van der Waals surface area contributed by atoms with Gasteiger partial charge in [0.1, 0.15) is 5.02 Å². The number of aromatic nitrogens is 2. The summed E-state index contributed by atoms with van der Waals surface area (Å²) >= 11 is 6.01. The van der Waals surface area contributed by atoms with Gasteiger partial charge in [0.05, 0.1) is 18.4 Å². The standard InChI is InChI=1S/C12H19ClN4O/c1-4-5-17-12(18)11(13)10(8-16-17)15-7-9(2)6-14-3/h4,8-9,14-15H,1,5-7H2,2-3H3. The van der Waals surface area contributed by atoms with Crippen LogP contribution in [0.1, 0.15) is 6.92 Å². The number of nitrogens with one attached hydrogen (secondary N) is 2. The van der Waals surface area contributed by atoms with Crippen molar-refractivity contribution in [1.82, 2.24) is 15.1 Å². The van der Waals surface area contributed by atoms with Crippen LogP contribution in [-0.4, -0.2) is 29.9 Å². The predicted octanol–water partition coefficient (Wildman–Crippen LogP) is 1.35. The second-order valence-corrected chi connectivity index (χ2v) is 4.57. The average Bonchev–Trinajstić information content (AvgIpc) is 2.35. The van der Waals surface area contributed by atoms with E-state index in [1.165, 1.54) is 4.68 Å². The fourth-order valence-corrected chi connectivity index (χ4v) is 1.76. The molecule has 18 heavy (non-hydrogen) atoms. The molecule has 1 unspecified atom stereocenters. The minimum atomic E-state index is -0.303. The lowest BCUT2D eigenvalue weighted by atomic mass is 10.2. The summed E-state index contributed by atoms with van der Waals surface area (Å²) < 4.78 is 1.28. The lowest BCUT2D eigenvalue weighted by Crippen LogP contribution is -2.26. The molecule has 2 N–H and O–H groups in total. The van der Waals surface area contributed by atoms with Gasteiger partial charge in [-0.3, -0.25) is 4.79 Å². The molecule has 0 aromatic carbocycles. The minimum absolute atomic E-state index is 0.170. The zero-order valence-corrected chi connectivity index (χ0v) is 11.5. The largest absolute Gasteiger partial charge is 0.382 e. The summed E-state index contributed by atoms with van der Waals surface area (Å²) in [5.74, 6) is 0.432. The van der Waals surface area contributed by atoms with Gasteiger partial charge in [0, 0.05) is 6.54 Å². The summed E-state index contributed by atoms with van der Waals surface area (Å²) in [7, 11) is 1.90. The van der Waals surface area contributed by atoms with Crippen molar-refractivity contribution in [2.45, 2.75) is 13.5 Å². The van der Waals surface area contributed by atoms with E-state index in [9.17, 15) is 4.79 Å². The Balaban J connectivity index is 2.76. The highest BCUT2D eigenvalue weighted by Gasteiger charge is 2.09. The van der Waals surface area contributed by atoms with Crippen molar-refractivity contribution in [3.05, 3.63) is 34.2 Å². The smallest absolute Gasteiger partial charge is 0.287 e. The Hall–Kier alpha value is -1.33. The van der Waals surface area contributed by atoms with Gasteiger partial charge in [-0.25, -0.2) is 4.68 Å². The molecule has 0 aliphatic heterocycles. The van der Waals surface area contributed by atoms with E-state index >= 15 is 0 Å². The van der Waals surface area contributed by atoms with Gasteiger partial charge in [-0.2, -0.15) is 5.10 Å². The van der Waals surface area contributed by atoms with Gasteiger partial charge in [-0.05, 0) is 19.5 Å². The first kappa shape index (κ1) is 14.7. The highest BCUT2D eigenvalue weighted by Crippen LogP contribution is 2.15. The summed E-state index contributed by atoms with van der Waals surface area (Å²) in [6, 6.07) is 0. The first-order valence-corrected chi connectivity index (χ1v) is 6.23. The zero-order chi connectivity index (χ0) is 13.5. The third kappa shape index (κ3) is 3.85. The molecule has 0 fully saturated rings. The molecule has 1 heterocycles. The van der Waals surface area contributed by atoms with Crippen LogP contribution in [0.5, 0.6) is 0 Å². The van der Waals surface area contributed by atoms with Crippen LogP contribution in [0, 0.1) is 5.92 Å². The van der Waals surface area contributed by atoms with E-state index in [4.69, 9.17) is 11.6 Å². The minimum Gasteiger partial charge on any atom is -0.382 e. The van der Waals surface area contributed by atoms with Crippen molar-refractivity contribution in [3.63, 3.8) is 0 Å². The molecular formula is C12H19ClN4O. The average molecular weight is 271 g/mol. The quantitative estimate of drug-likeness (QED) is 0.735. The topological polar surface area (TPSA) is 59.0 Å². The molecule has 0 radical (unpaired) electrons. The molecule has 1 rings (SSSR count). The van der Waals surface area contributed by atoms with Crippen LogP contribution in [0.2, 0.25) is 5.02 Å². The number of hydrogen-bond donors (Lipinski definition) is 2. The van der Waals surface area contributed by atoms with E-state index in [2.05, 4.69) is 29.2 Å². The molecule has 1 atom stereocenters. The lowest BCUT2D eigenvalue weighted by Gasteiger charge is -2.14. The highest BCUT2D eigenvalue weighted by molar-refractivity contribution is 6.32. The zero-order valence-electron chi connectivity index (χ0n) is 10.7. The molecule has 0 saturated carbocycles. The summed E-state index contributed by atoms with van der Waals surface area (Å²) in [6.07, 6.45) is 3.17.